The van der Waals surface area contributed by atoms with Gasteiger partial charge in [-0.15, -0.1) is 0 Å². The Morgan fingerprint density at radius 2 is 1.71 bits per heavy atom. The molecule has 0 aliphatic heterocycles. The van der Waals surface area contributed by atoms with Gasteiger partial charge in [-0.2, -0.15) is 13.2 Å². The summed E-state index contributed by atoms with van der Waals surface area (Å²) in [7, 11) is 0. The van der Waals surface area contributed by atoms with Crippen molar-refractivity contribution in [2.75, 3.05) is 5.32 Å². The maximum atomic E-state index is 12.7. The summed E-state index contributed by atoms with van der Waals surface area (Å²) in [5.74, 6) is -0.0940. The fraction of sp³-hybridized carbons (Fsp3) is 0.348. The zero-order valence-corrected chi connectivity index (χ0v) is 16.7. The minimum atomic E-state index is -4.40. The minimum absolute atomic E-state index is 0.0622. The molecule has 5 nitrogen and oxygen atoms in total. The molecule has 0 unspecified atom stereocenters. The van der Waals surface area contributed by atoms with Gasteiger partial charge < -0.3 is 5.32 Å². The van der Waals surface area contributed by atoms with Crippen molar-refractivity contribution in [3.8, 4) is 0 Å². The highest BCUT2D eigenvalue weighted by Crippen LogP contribution is 2.32. The predicted molar refractivity (Wildman–Crippen MR) is 112 cm³/mol. The molecule has 1 aromatic heterocycles. The smallest absolute Gasteiger partial charge is 0.326 e. The average molecular weight is 429 g/mol. The third-order valence-corrected chi connectivity index (χ3v) is 5.88. The van der Waals surface area contributed by atoms with E-state index in [2.05, 4.69) is 10.3 Å². The van der Waals surface area contributed by atoms with Gasteiger partial charge in [-0.05, 0) is 68.0 Å². The van der Waals surface area contributed by atoms with E-state index in [1.165, 1.54) is 12.1 Å². The van der Waals surface area contributed by atoms with E-state index in [1.54, 1.807) is 17.0 Å². The van der Waals surface area contributed by atoms with E-state index in [4.69, 9.17) is 0 Å². The Morgan fingerprint density at radius 1 is 1.03 bits per heavy atom. The van der Waals surface area contributed by atoms with Gasteiger partial charge in [0.15, 0.2) is 0 Å². The Balaban J connectivity index is 1.33. The summed E-state index contributed by atoms with van der Waals surface area (Å²) in [6.45, 7) is 0.559. The molecule has 1 fully saturated rings. The quantitative estimate of drug-likeness (QED) is 0.644. The van der Waals surface area contributed by atoms with Gasteiger partial charge in [-0.3, -0.25) is 14.2 Å². The Labute approximate surface area is 176 Å². The highest BCUT2D eigenvalue weighted by molar-refractivity contribution is 5.92. The van der Waals surface area contributed by atoms with Crippen LogP contribution in [-0.4, -0.2) is 15.5 Å². The maximum absolute atomic E-state index is 12.7. The largest absolute Gasteiger partial charge is 0.416 e. The molecule has 4 rings (SSSR count). The molecule has 0 atom stereocenters. The fourth-order valence-electron chi connectivity index (χ4n) is 4.11. The van der Waals surface area contributed by atoms with Gasteiger partial charge in [-0.1, -0.05) is 12.1 Å². The molecule has 0 spiro atoms. The summed E-state index contributed by atoms with van der Waals surface area (Å²) in [5.41, 5.74) is 0.221. The van der Waals surface area contributed by atoms with Gasteiger partial charge in [0.25, 0.3) is 5.56 Å². The zero-order valence-electron chi connectivity index (χ0n) is 16.7. The van der Waals surface area contributed by atoms with Crippen molar-refractivity contribution in [1.29, 1.82) is 0 Å². The molecule has 1 saturated carbocycles. The van der Waals surface area contributed by atoms with E-state index in [0.29, 0.717) is 36.0 Å². The molecule has 1 amide bonds. The van der Waals surface area contributed by atoms with Crippen molar-refractivity contribution in [1.82, 2.24) is 9.55 Å². The van der Waals surface area contributed by atoms with Gasteiger partial charge in [0.1, 0.15) is 0 Å². The number of nitrogens with one attached hydrogen (secondary N) is 1. The molecule has 0 saturated heterocycles. The third-order valence-electron chi connectivity index (χ3n) is 5.88. The van der Waals surface area contributed by atoms with E-state index in [1.807, 2.05) is 18.2 Å². The molecule has 1 N–H and O–H groups in total. The number of carbonyl (C=O) groups is 1. The van der Waals surface area contributed by atoms with E-state index in [9.17, 15) is 22.8 Å². The fourth-order valence-corrected chi connectivity index (χ4v) is 4.11. The SMILES string of the molecule is O=C(Nc1ccc(C(F)(F)F)cc1)C1CCC(Cn2cnc3ccccc3c2=O)CC1. The Morgan fingerprint density at radius 3 is 2.39 bits per heavy atom. The third kappa shape index (κ3) is 4.78. The lowest BCUT2D eigenvalue weighted by Gasteiger charge is -2.28. The van der Waals surface area contributed by atoms with Gasteiger partial charge in [0.05, 0.1) is 22.8 Å². The number of carbonyl (C=O) groups excluding carboxylic acids is 1. The number of aromatic nitrogens is 2. The molecule has 0 bridgehead atoms. The minimum Gasteiger partial charge on any atom is -0.326 e. The Bertz CT molecular complexity index is 1130. The number of hydrogen-bond donors (Lipinski definition) is 1. The second-order valence-electron chi connectivity index (χ2n) is 8.00. The zero-order chi connectivity index (χ0) is 22.0. The first-order valence-corrected chi connectivity index (χ1v) is 10.2. The van der Waals surface area contributed by atoms with Crippen molar-refractivity contribution < 1.29 is 18.0 Å². The van der Waals surface area contributed by atoms with Gasteiger partial charge >= 0.3 is 6.18 Å². The van der Waals surface area contributed by atoms with E-state index >= 15 is 0 Å². The van der Waals surface area contributed by atoms with Crippen molar-refractivity contribution in [2.45, 2.75) is 38.4 Å². The number of alkyl halides is 3. The number of hydrogen-bond acceptors (Lipinski definition) is 3. The van der Waals surface area contributed by atoms with Crippen LogP contribution < -0.4 is 10.9 Å². The van der Waals surface area contributed by atoms with Crippen LogP contribution in [-0.2, 0) is 17.5 Å². The molecule has 31 heavy (non-hydrogen) atoms. The summed E-state index contributed by atoms with van der Waals surface area (Å²) in [6, 6.07) is 11.7. The van der Waals surface area contributed by atoms with E-state index in [0.717, 1.165) is 25.0 Å². The topological polar surface area (TPSA) is 64.0 Å². The van der Waals surface area contributed by atoms with Gasteiger partial charge in [-0.25, -0.2) is 4.98 Å². The molecule has 3 aromatic rings. The molecule has 1 aliphatic rings. The molecule has 0 radical (unpaired) electrons. The summed E-state index contributed by atoms with van der Waals surface area (Å²) in [6.07, 6.45) is 0.117. The number of amides is 1. The van der Waals surface area contributed by atoms with E-state index in [-0.39, 0.29) is 23.3 Å². The number of fused-ring (bicyclic) bond motifs is 1. The standard InChI is InChI=1S/C23H22F3N3O2/c24-23(25,26)17-9-11-18(12-10-17)28-21(30)16-7-5-15(6-8-16)13-29-14-27-20-4-2-1-3-19(20)22(29)31/h1-4,9-12,14-16H,5-8,13H2,(H,28,30). The normalized spacial score (nSPS) is 19.3. The number of benzene rings is 2. The number of para-hydroxylation sites is 1. The molecule has 8 heteroatoms. The van der Waals surface area contributed by atoms with Crippen LogP contribution in [0.15, 0.2) is 59.7 Å². The van der Waals surface area contributed by atoms with Crippen LogP contribution in [0, 0.1) is 11.8 Å². The summed E-state index contributed by atoms with van der Waals surface area (Å²) in [4.78, 5) is 29.5. The lowest BCUT2D eigenvalue weighted by atomic mass is 9.81. The number of rotatable bonds is 4. The predicted octanol–water partition coefficient (Wildman–Crippen LogP) is 4.86. The lowest BCUT2D eigenvalue weighted by molar-refractivity contribution is -0.137. The van der Waals surface area contributed by atoms with Gasteiger partial charge in [0.2, 0.25) is 5.91 Å². The van der Waals surface area contributed by atoms with Gasteiger partial charge in [0, 0.05) is 18.2 Å². The number of nitrogens with zero attached hydrogens (tertiary/aromatic N) is 2. The Kier molecular flexibility index (Phi) is 5.80. The van der Waals surface area contributed by atoms with Crippen LogP contribution in [0.3, 0.4) is 0 Å². The van der Waals surface area contributed by atoms with Crippen LogP contribution in [0.1, 0.15) is 31.2 Å². The second-order valence-corrected chi connectivity index (χ2v) is 8.00. The first-order valence-electron chi connectivity index (χ1n) is 10.2. The van der Waals surface area contributed by atoms with Crippen LogP contribution in [0.2, 0.25) is 0 Å². The summed E-state index contributed by atoms with van der Waals surface area (Å²) >= 11 is 0. The monoisotopic (exact) mass is 429 g/mol. The average Bonchev–Trinajstić information content (AvgIpc) is 2.76. The highest BCUT2D eigenvalue weighted by atomic mass is 19.4. The highest BCUT2D eigenvalue weighted by Gasteiger charge is 2.30. The lowest BCUT2D eigenvalue weighted by Crippen LogP contribution is -2.30. The van der Waals surface area contributed by atoms with Crippen LogP contribution in [0.4, 0.5) is 18.9 Å². The van der Waals surface area contributed by atoms with Crippen molar-refractivity contribution in [3.63, 3.8) is 0 Å². The molecule has 1 aliphatic carbocycles. The summed E-state index contributed by atoms with van der Waals surface area (Å²) < 4.78 is 39.6. The van der Waals surface area contributed by atoms with Crippen molar-refractivity contribution in [2.24, 2.45) is 11.8 Å². The first kappa shape index (κ1) is 21.1. The van der Waals surface area contributed by atoms with Crippen LogP contribution in [0.25, 0.3) is 10.9 Å². The van der Waals surface area contributed by atoms with Crippen molar-refractivity contribution in [3.05, 3.63) is 70.8 Å². The van der Waals surface area contributed by atoms with E-state index < -0.39 is 11.7 Å². The van der Waals surface area contributed by atoms with Crippen LogP contribution >= 0.6 is 0 Å². The molecule has 1 heterocycles. The van der Waals surface area contributed by atoms with Crippen LogP contribution in [0.5, 0.6) is 0 Å². The van der Waals surface area contributed by atoms with Crippen molar-refractivity contribution >= 4 is 22.5 Å². The first-order chi connectivity index (χ1) is 14.8. The maximum Gasteiger partial charge on any atom is 0.416 e. The molecular weight excluding hydrogens is 407 g/mol. The Hall–Kier alpha value is -3.16. The molecular formula is C23H22F3N3O2. The summed E-state index contributed by atoms with van der Waals surface area (Å²) in [5, 5.41) is 3.30. The molecule has 162 valence electrons. The number of anilines is 1. The second kappa shape index (κ2) is 8.53. The number of halogens is 3. The molecule has 2 aromatic carbocycles.